The van der Waals surface area contributed by atoms with Gasteiger partial charge in [0, 0.05) is 31.7 Å². The third kappa shape index (κ3) is 3.93. The molecule has 1 aromatic heterocycles. The number of nitrogens with one attached hydrogen (secondary N) is 1. The molecule has 2 N–H and O–H groups in total. The second kappa shape index (κ2) is 7.19. The fourth-order valence-corrected chi connectivity index (χ4v) is 7.36. The number of fused-ring (bicyclic) bond motifs is 1. The summed E-state index contributed by atoms with van der Waals surface area (Å²) >= 11 is 0. The quantitative estimate of drug-likeness (QED) is 0.788. The third-order valence-corrected chi connectivity index (χ3v) is 8.04. The first-order valence-electron chi connectivity index (χ1n) is 11.8. The Bertz CT molecular complexity index is 720. The lowest BCUT2D eigenvalue weighted by atomic mass is 9.48. The van der Waals surface area contributed by atoms with Crippen molar-refractivity contribution >= 4 is 5.82 Å². The molecule has 0 spiro atoms. The van der Waals surface area contributed by atoms with Crippen molar-refractivity contribution in [2.45, 2.75) is 78.4 Å². The molecule has 5 nitrogen and oxygen atoms in total. The number of aliphatic hydroxyl groups is 1. The molecular formula is C24H38N4O. The Morgan fingerprint density at radius 2 is 1.79 bits per heavy atom. The molecule has 29 heavy (non-hydrogen) atoms. The van der Waals surface area contributed by atoms with E-state index < -0.39 is 0 Å². The molecule has 4 aliphatic carbocycles. The summed E-state index contributed by atoms with van der Waals surface area (Å²) in [6.45, 7) is 10.6. The molecule has 5 heteroatoms. The molecule has 0 amide bonds. The molecule has 1 aliphatic heterocycles. The van der Waals surface area contributed by atoms with Gasteiger partial charge in [-0.1, -0.05) is 20.8 Å². The maximum Gasteiger partial charge on any atom is 0.133 e. The van der Waals surface area contributed by atoms with Crippen molar-refractivity contribution in [1.82, 2.24) is 14.9 Å². The van der Waals surface area contributed by atoms with E-state index in [0.29, 0.717) is 12.0 Å². The second-order valence-corrected chi connectivity index (χ2v) is 11.8. The monoisotopic (exact) mass is 398 g/mol. The summed E-state index contributed by atoms with van der Waals surface area (Å²) in [7, 11) is 0. The van der Waals surface area contributed by atoms with Gasteiger partial charge in [-0.3, -0.25) is 4.90 Å². The van der Waals surface area contributed by atoms with E-state index in [1.807, 2.05) is 0 Å². The number of anilines is 1. The normalized spacial score (nSPS) is 34.8. The average Bonchev–Trinajstić information content (AvgIpc) is 2.63. The summed E-state index contributed by atoms with van der Waals surface area (Å²) in [5, 5.41) is 14.8. The van der Waals surface area contributed by atoms with Crippen LogP contribution in [0, 0.1) is 28.6 Å². The third-order valence-electron chi connectivity index (χ3n) is 8.04. The predicted octanol–water partition coefficient (Wildman–Crippen LogP) is 3.87. The predicted molar refractivity (Wildman–Crippen MR) is 116 cm³/mol. The Balaban J connectivity index is 1.25. The highest BCUT2D eigenvalue weighted by Crippen LogP contribution is 2.61. The van der Waals surface area contributed by atoms with Crippen molar-refractivity contribution in [3.63, 3.8) is 0 Å². The molecule has 5 aliphatic rings. The van der Waals surface area contributed by atoms with E-state index in [4.69, 9.17) is 0 Å². The summed E-state index contributed by atoms with van der Waals surface area (Å²) < 4.78 is 0. The zero-order valence-corrected chi connectivity index (χ0v) is 18.5. The summed E-state index contributed by atoms with van der Waals surface area (Å²) in [6.07, 6.45) is 10.4. The fraction of sp³-hybridized carbons (Fsp3) is 0.833. The van der Waals surface area contributed by atoms with E-state index >= 15 is 0 Å². The lowest BCUT2D eigenvalue weighted by molar-refractivity contribution is -0.115. The van der Waals surface area contributed by atoms with Crippen molar-refractivity contribution in [3.05, 3.63) is 17.6 Å². The summed E-state index contributed by atoms with van der Waals surface area (Å²) in [6, 6.07) is 0. The molecule has 4 fully saturated rings. The van der Waals surface area contributed by atoms with Gasteiger partial charge in [0.2, 0.25) is 0 Å². The van der Waals surface area contributed by atoms with Crippen LogP contribution in [0.15, 0.2) is 6.33 Å². The Kier molecular flexibility index (Phi) is 4.90. The van der Waals surface area contributed by atoms with E-state index in [-0.39, 0.29) is 11.5 Å². The van der Waals surface area contributed by atoms with Gasteiger partial charge in [0.1, 0.15) is 12.1 Å². The van der Waals surface area contributed by atoms with Crippen molar-refractivity contribution in [2.24, 2.45) is 28.6 Å². The van der Waals surface area contributed by atoms with Gasteiger partial charge in [-0.05, 0) is 73.5 Å². The van der Waals surface area contributed by atoms with Crippen LogP contribution in [0.3, 0.4) is 0 Å². The smallest absolute Gasteiger partial charge is 0.133 e. The zero-order valence-electron chi connectivity index (χ0n) is 18.5. The zero-order chi connectivity index (χ0) is 20.2. The molecule has 1 unspecified atom stereocenters. The maximum atomic E-state index is 11.2. The molecule has 4 bridgehead atoms. The average molecular weight is 399 g/mol. The van der Waals surface area contributed by atoms with Crippen molar-refractivity contribution in [2.75, 3.05) is 25.0 Å². The van der Waals surface area contributed by atoms with E-state index in [2.05, 4.69) is 41.0 Å². The van der Waals surface area contributed by atoms with Gasteiger partial charge < -0.3 is 10.4 Å². The van der Waals surface area contributed by atoms with Crippen LogP contribution in [-0.2, 0) is 13.0 Å². The second-order valence-electron chi connectivity index (χ2n) is 11.8. The van der Waals surface area contributed by atoms with Gasteiger partial charge in [0.25, 0.3) is 0 Å². The van der Waals surface area contributed by atoms with Crippen LogP contribution >= 0.6 is 0 Å². The van der Waals surface area contributed by atoms with Gasteiger partial charge >= 0.3 is 0 Å². The Morgan fingerprint density at radius 1 is 1.14 bits per heavy atom. The lowest BCUT2D eigenvalue weighted by Gasteiger charge is -2.58. The summed E-state index contributed by atoms with van der Waals surface area (Å²) in [4.78, 5) is 11.6. The first-order chi connectivity index (χ1) is 13.8. The molecular weight excluding hydrogens is 360 g/mol. The largest absolute Gasteiger partial charge is 0.391 e. The minimum Gasteiger partial charge on any atom is -0.391 e. The topological polar surface area (TPSA) is 61.3 Å². The molecule has 6 rings (SSSR count). The minimum atomic E-state index is -0.262. The Hall–Kier alpha value is -1.20. The number of hydrogen-bond acceptors (Lipinski definition) is 5. The van der Waals surface area contributed by atoms with Crippen LogP contribution in [0.4, 0.5) is 5.82 Å². The molecule has 1 atom stereocenters. The lowest BCUT2D eigenvalue weighted by Crippen LogP contribution is -2.53. The first-order valence-corrected chi connectivity index (χ1v) is 11.8. The summed E-state index contributed by atoms with van der Waals surface area (Å²) in [5.74, 6) is 3.57. The van der Waals surface area contributed by atoms with Crippen LogP contribution in [0.1, 0.15) is 70.6 Å². The number of hydrogen-bond donors (Lipinski definition) is 2. The van der Waals surface area contributed by atoms with Crippen molar-refractivity contribution in [1.29, 1.82) is 0 Å². The highest BCUT2D eigenvalue weighted by molar-refractivity contribution is 5.47. The molecule has 4 saturated carbocycles. The van der Waals surface area contributed by atoms with Crippen LogP contribution in [-0.4, -0.2) is 45.7 Å². The van der Waals surface area contributed by atoms with Gasteiger partial charge in [0.15, 0.2) is 0 Å². The number of nitrogens with zero attached hydrogens (tertiary/aromatic N) is 3. The molecule has 2 heterocycles. The van der Waals surface area contributed by atoms with E-state index in [1.165, 1.54) is 44.1 Å². The Labute approximate surface area is 175 Å². The van der Waals surface area contributed by atoms with Crippen LogP contribution in [0.25, 0.3) is 0 Å². The highest BCUT2D eigenvalue weighted by atomic mass is 16.3. The van der Waals surface area contributed by atoms with Gasteiger partial charge in [-0.15, -0.1) is 0 Å². The van der Waals surface area contributed by atoms with Gasteiger partial charge in [-0.25, -0.2) is 9.97 Å². The highest BCUT2D eigenvalue weighted by Gasteiger charge is 2.53. The minimum absolute atomic E-state index is 0.165. The SMILES string of the molecule is CC(C)(C)CN1CCc2c(ncnc2NCC(O)C23CC4CC(CC(C4)C2)C3)C1. The van der Waals surface area contributed by atoms with E-state index in [1.54, 1.807) is 6.33 Å². The van der Waals surface area contributed by atoms with E-state index in [0.717, 1.165) is 55.3 Å². The molecule has 0 aromatic carbocycles. The molecule has 160 valence electrons. The number of rotatable bonds is 5. The first kappa shape index (κ1) is 19.7. The van der Waals surface area contributed by atoms with Gasteiger partial charge in [-0.2, -0.15) is 0 Å². The van der Waals surface area contributed by atoms with Crippen LogP contribution in [0.2, 0.25) is 0 Å². The van der Waals surface area contributed by atoms with Crippen molar-refractivity contribution < 1.29 is 5.11 Å². The van der Waals surface area contributed by atoms with Crippen molar-refractivity contribution in [3.8, 4) is 0 Å². The van der Waals surface area contributed by atoms with E-state index in [9.17, 15) is 5.11 Å². The molecule has 0 radical (unpaired) electrons. The standard InChI is InChI=1S/C24H38N4O/c1-23(2,3)14-28-5-4-19-20(13-28)26-15-27-22(19)25-12-21(29)24-9-16-6-17(10-24)8-18(7-16)11-24/h15-18,21,29H,4-14H2,1-3H3,(H,25,26,27). The summed E-state index contributed by atoms with van der Waals surface area (Å²) in [5.41, 5.74) is 2.88. The Morgan fingerprint density at radius 3 is 2.41 bits per heavy atom. The van der Waals surface area contributed by atoms with Crippen LogP contribution < -0.4 is 5.32 Å². The van der Waals surface area contributed by atoms with Crippen LogP contribution in [0.5, 0.6) is 0 Å². The van der Waals surface area contributed by atoms with Gasteiger partial charge in [0.05, 0.1) is 11.8 Å². The number of aromatic nitrogens is 2. The molecule has 1 aromatic rings. The number of aliphatic hydroxyl groups excluding tert-OH is 1. The molecule has 0 saturated heterocycles. The fourth-order valence-electron chi connectivity index (χ4n) is 7.36. The maximum absolute atomic E-state index is 11.2.